The predicted octanol–water partition coefficient (Wildman–Crippen LogP) is 3.15. The molecule has 1 amide bonds. The third-order valence-electron chi connectivity index (χ3n) is 3.99. The van der Waals surface area contributed by atoms with Gasteiger partial charge >= 0.3 is 0 Å². The number of nitrogens with one attached hydrogen (secondary N) is 1. The third kappa shape index (κ3) is 5.38. The summed E-state index contributed by atoms with van der Waals surface area (Å²) in [5.41, 5.74) is 2.82. The molecule has 7 nitrogen and oxygen atoms in total. The van der Waals surface area contributed by atoms with Crippen LogP contribution < -0.4 is 10.1 Å². The molecular weight excluding hydrogens is 370 g/mol. The highest BCUT2D eigenvalue weighted by Crippen LogP contribution is 2.40. The van der Waals surface area contributed by atoms with Gasteiger partial charge in [-0.25, -0.2) is 0 Å². The quantitative estimate of drug-likeness (QED) is 0.446. The molecule has 1 aliphatic rings. The van der Waals surface area contributed by atoms with Crippen LogP contribution in [0.4, 0.5) is 5.69 Å². The molecule has 1 unspecified atom stereocenters. The van der Waals surface area contributed by atoms with Crippen molar-refractivity contribution in [3.05, 3.63) is 45.6 Å². The van der Waals surface area contributed by atoms with E-state index in [0.29, 0.717) is 25.4 Å². The third-order valence-corrected chi connectivity index (χ3v) is 5.04. The number of hydrogen-bond acceptors (Lipinski definition) is 6. The first-order valence-electron chi connectivity index (χ1n) is 8.22. The number of Topliss-reactive ketones (excluding diaryl/α,β-unsaturated/α-hetero) is 1. The number of carbonyl (C=O) groups excluding carboxylic acids is 2. The Morgan fingerprint density at radius 3 is 2.74 bits per heavy atom. The van der Waals surface area contributed by atoms with Crippen LogP contribution in [0, 0.1) is 0 Å². The minimum absolute atomic E-state index is 0.0304. The molecule has 0 fully saturated rings. The van der Waals surface area contributed by atoms with Crippen molar-refractivity contribution in [3.8, 4) is 5.75 Å². The molecule has 0 saturated carbocycles. The van der Waals surface area contributed by atoms with Gasteiger partial charge in [0.05, 0.1) is 11.5 Å². The zero-order valence-corrected chi connectivity index (χ0v) is 15.9. The Labute approximate surface area is 160 Å². The number of benzene rings is 1. The summed E-state index contributed by atoms with van der Waals surface area (Å²) >= 11 is 1.42. The number of methoxy groups -OCH3 is 1. The summed E-state index contributed by atoms with van der Waals surface area (Å²) in [5, 5.41) is 11.8. The number of carbonyl (C=O) groups is 3. The van der Waals surface area contributed by atoms with Crippen molar-refractivity contribution in [2.24, 2.45) is 0 Å². The highest BCUT2D eigenvalue weighted by Gasteiger charge is 2.27. The molecule has 1 atom stereocenters. The lowest BCUT2D eigenvalue weighted by molar-refractivity contribution is -0.123. The molecule has 0 bridgehead atoms. The molecule has 1 aromatic heterocycles. The molecule has 3 rings (SSSR count). The van der Waals surface area contributed by atoms with Gasteiger partial charge in [-0.2, -0.15) is 0 Å². The number of rotatable bonds is 6. The van der Waals surface area contributed by atoms with Gasteiger partial charge in [0, 0.05) is 31.2 Å². The lowest BCUT2D eigenvalue weighted by atomic mass is 9.86. The molecule has 1 aromatic carbocycles. The Morgan fingerprint density at radius 1 is 1.37 bits per heavy atom. The highest BCUT2D eigenvalue weighted by atomic mass is 32.1. The molecule has 144 valence electrons. The van der Waals surface area contributed by atoms with Gasteiger partial charge in [-0.1, -0.05) is 6.07 Å². The number of carboxylic acid groups (broad SMARTS) is 1. The SMILES string of the molecule is COCCOc1ccc2c(c1)NC(=O)CC2c1csc(C(C)=O)c1.O=CO. The second-order valence-electron chi connectivity index (χ2n) is 5.80. The van der Waals surface area contributed by atoms with E-state index in [4.69, 9.17) is 19.4 Å². The fourth-order valence-electron chi connectivity index (χ4n) is 2.79. The van der Waals surface area contributed by atoms with Crippen LogP contribution >= 0.6 is 11.3 Å². The average Bonchev–Trinajstić information content (AvgIpc) is 3.12. The van der Waals surface area contributed by atoms with E-state index in [1.165, 1.54) is 11.3 Å². The fraction of sp³-hybridized carbons (Fsp3) is 0.316. The van der Waals surface area contributed by atoms with Crippen molar-refractivity contribution in [1.29, 1.82) is 0 Å². The van der Waals surface area contributed by atoms with Gasteiger partial charge in [0.1, 0.15) is 12.4 Å². The topological polar surface area (TPSA) is 102 Å². The summed E-state index contributed by atoms with van der Waals surface area (Å²) in [6.45, 7) is 2.27. The van der Waals surface area contributed by atoms with Gasteiger partial charge in [-0.05, 0) is 35.6 Å². The van der Waals surface area contributed by atoms with Crippen LogP contribution in [0.3, 0.4) is 0 Å². The van der Waals surface area contributed by atoms with Gasteiger partial charge in [0.25, 0.3) is 6.47 Å². The first-order valence-corrected chi connectivity index (χ1v) is 9.10. The maximum atomic E-state index is 12.1. The largest absolute Gasteiger partial charge is 0.491 e. The van der Waals surface area contributed by atoms with Crippen molar-refractivity contribution in [1.82, 2.24) is 0 Å². The van der Waals surface area contributed by atoms with E-state index in [1.807, 2.05) is 29.6 Å². The summed E-state index contributed by atoms with van der Waals surface area (Å²) in [5.74, 6) is 0.679. The number of anilines is 1. The number of ketones is 1. The molecule has 0 spiro atoms. The minimum atomic E-state index is -0.250. The zero-order chi connectivity index (χ0) is 19.8. The van der Waals surface area contributed by atoms with Crippen molar-refractivity contribution in [2.45, 2.75) is 19.3 Å². The molecule has 2 heterocycles. The van der Waals surface area contributed by atoms with E-state index >= 15 is 0 Å². The minimum Gasteiger partial charge on any atom is -0.491 e. The predicted molar refractivity (Wildman–Crippen MR) is 102 cm³/mol. The van der Waals surface area contributed by atoms with Crippen LogP contribution in [0.15, 0.2) is 29.6 Å². The molecular formula is C19H21NO6S. The van der Waals surface area contributed by atoms with E-state index in [-0.39, 0.29) is 24.1 Å². The number of thiophene rings is 1. The second-order valence-corrected chi connectivity index (χ2v) is 6.71. The highest BCUT2D eigenvalue weighted by molar-refractivity contribution is 7.12. The maximum Gasteiger partial charge on any atom is 0.290 e. The standard InChI is InChI=1S/C18H19NO4S.CH2O2/c1-11(20)17-7-12(10-24-17)15-9-18(21)19-16-8-13(3-4-14(15)16)23-6-5-22-2;2-1-3/h3-4,7-8,10,15H,5-6,9H2,1-2H3,(H,19,21);1H,(H,2,3). The van der Waals surface area contributed by atoms with Crippen LogP contribution in [0.25, 0.3) is 0 Å². The van der Waals surface area contributed by atoms with Crippen molar-refractivity contribution in [3.63, 3.8) is 0 Å². The Morgan fingerprint density at radius 2 is 2.11 bits per heavy atom. The summed E-state index contributed by atoms with van der Waals surface area (Å²) < 4.78 is 10.6. The lowest BCUT2D eigenvalue weighted by Crippen LogP contribution is -2.23. The molecule has 27 heavy (non-hydrogen) atoms. The van der Waals surface area contributed by atoms with Crippen LogP contribution in [0.2, 0.25) is 0 Å². The molecule has 2 aromatic rings. The van der Waals surface area contributed by atoms with Crippen molar-refractivity contribution in [2.75, 3.05) is 25.6 Å². The smallest absolute Gasteiger partial charge is 0.290 e. The number of fused-ring (bicyclic) bond motifs is 1. The van der Waals surface area contributed by atoms with Gasteiger partial charge < -0.3 is 19.9 Å². The summed E-state index contributed by atoms with van der Waals surface area (Å²) in [6.07, 6.45) is 0.380. The van der Waals surface area contributed by atoms with E-state index in [0.717, 1.165) is 21.7 Å². The molecule has 1 aliphatic heterocycles. The van der Waals surface area contributed by atoms with E-state index in [2.05, 4.69) is 5.32 Å². The molecule has 0 saturated heterocycles. The Bertz CT molecular complexity index is 816. The summed E-state index contributed by atoms with van der Waals surface area (Å²) in [4.78, 5) is 32.7. The van der Waals surface area contributed by atoms with Crippen LogP contribution in [-0.4, -0.2) is 43.6 Å². The lowest BCUT2D eigenvalue weighted by Gasteiger charge is -2.25. The van der Waals surface area contributed by atoms with Crippen molar-refractivity contribution >= 4 is 35.2 Å². The van der Waals surface area contributed by atoms with Crippen molar-refractivity contribution < 1.29 is 29.0 Å². The first kappa shape index (κ1) is 20.6. The van der Waals surface area contributed by atoms with Gasteiger partial charge in [-0.3, -0.25) is 14.4 Å². The zero-order valence-electron chi connectivity index (χ0n) is 15.1. The fourth-order valence-corrected chi connectivity index (χ4v) is 3.66. The Balaban J connectivity index is 0.000000817. The molecule has 0 aliphatic carbocycles. The summed E-state index contributed by atoms with van der Waals surface area (Å²) in [7, 11) is 1.62. The molecule has 0 radical (unpaired) electrons. The Kier molecular flexibility index (Phi) is 7.51. The van der Waals surface area contributed by atoms with E-state index in [1.54, 1.807) is 14.0 Å². The second kappa shape index (κ2) is 9.84. The maximum absolute atomic E-state index is 12.1. The molecule has 8 heteroatoms. The van der Waals surface area contributed by atoms with Gasteiger partial charge in [0.2, 0.25) is 5.91 Å². The van der Waals surface area contributed by atoms with Crippen LogP contribution in [0.5, 0.6) is 5.75 Å². The van der Waals surface area contributed by atoms with Crippen LogP contribution in [0.1, 0.15) is 40.1 Å². The van der Waals surface area contributed by atoms with Gasteiger partial charge in [-0.15, -0.1) is 11.3 Å². The first-order chi connectivity index (χ1) is 13.0. The summed E-state index contributed by atoms with van der Waals surface area (Å²) in [6, 6.07) is 7.61. The monoisotopic (exact) mass is 391 g/mol. The molecule has 2 N–H and O–H groups in total. The number of amides is 1. The number of hydrogen-bond donors (Lipinski definition) is 2. The van der Waals surface area contributed by atoms with E-state index < -0.39 is 0 Å². The van der Waals surface area contributed by atoms with Gasteiger partial charge in [0.15, 0.2) is 5.78 Å². The normalized spacial score (nSPS) is 15.0. The Hall–Kier alpha value is -2.71. The van der Waals surface area contributed by atoms with E-state index in [9.17, 15) is 9.59 Å². The average molecular weight is 391 g/mol. The van der Waals surface area contributed by atoms with Crippen LogP contribution in [-0.2, 0) is 14.3 Å². The number of ether oxygens (including phenoxy) is 2.